The predicted molar refractivity (Wildman–Crippen MR) is 110 cm³/mol. The van der Waals surface area contributed by atoms with Crippen LogP contribution in [-0.4, -0.2) is 58.4 Å². The van der Waals surface area contributed by atoms with E-state index in [2.05, 4.69) is 25.4 Å². The van der Waals surface area contributed by atoms with Gasteiger partial charge < -0.3 is 19.8 Å². The van der Waals surface area contributed by atoms with Crippen molar-refractivity contribution in [1.82, 2.24) is 19.4 Å². The van der Waals surface area contributed by atoms with E-state index in [9.17, 15) is 8.78 Å². The van der Waals surface area contributed by atoms with E-state index >= 15 is 0 Å². The number of hydrogen-bond acceptors (Lipinski definition) is 6. The number of alkyl halides is 2. The third kappa shape index (κ3) is 3.38. The van der Waals surface area contributed by atoms with Gasteiger partial charge in [-0.2, -0.15) is 8.78 Å². The number of rotatable bonds is 6. The molecule has 6 rings (SSSR count). The fourth-order valence-electron chi connectivity index (χ4n) is 5.73. The number of ether oxygens (including phenoxy) is 2. The monoisotopic (exact) mass is 431 g/mol. The molecular formula is C22H27F2N5O2. The Bertz CT molecular complexity index is 961. The van der Waals surface area contributed by atoms with Crippen LogP contribution in [0.4, 0.5) is 14.6 Å². The number of piperidine rings is 1. The highest BCUT2D eigenvalue weighted by molar-refractivity contribution is 5.64. The van der Waals surface area contributed by atoms with E-state index in [1.54, 1.807) is 6.20 Å². The van der Waals surface area contributed by atoms with Gasteiger partial charge in [-0.1, -0.05) is 12.8 Å². The summed E-state index contributed by atoms with van der Waals surface area (Å²) in [5.74, 6) is 2.76. The smallest absolute Gasteiger partial charge is 0.387 e. The Morgan fingerprint density at radius 1 is 1.16 bits per heavy atom. The topological polar surface area (TPSA) is 78.4 Å². The van der Waals surface area contributed by atoms with Crippen molar-refractivity contribution in [3.8, 4) is 17.0 Å². The lowest BCUT2D eigenvalue weighted by molar-refractivity contribution is -0.0616. The average molecular weight is 431 g/mol. The molecule has 0 bridgehead atoms. The Kier molecular flexibility index (Phi) is 4.64. The number of halogens is 2. The summed E-state index contributed by atoms with van der Waals surface area (Å²) < 4.78 is 37.8. The van der Waals surface area contributed by atoms with Crippen molar-refractivity contribution in [1.29, 1.82) is 0 Å². The highest BCUT2D eigenvalue weighted by atomic mass is 19.3. The summed E-state index contributed by atoms with van der Waals surface area (Å²) in [5.41, 5.74) is 7.12. The maximum atomic E-state index is 12.7. The predicted octanol–water partition coefficient (Wildman–Crippen LogP) is 3.29. The van der Waals surface area contributed by atoms with Gasteiger partial charge in [-0.3, -0.25) is 4.90 Å². The van der Waals surface area contributed by atoms with Crippen molar-refractivity contribution in [2.75, 3.05) is 32.0 Å². The average Bonchev–Trinajstić information content (AvgIpc) is 3.18. The molecule has 2 aliphatic carbocycles. The Labute approximate surface area is 179 Å². The molecule has 2 aromatic rings. The Morgan fingerprint density at radius 2 is 1.90 bits per heavy atom. The number of likely N-dealkylation sites (tertiary alicyclic amines) is 1. The van der Waals surface area contributed by atoms with Gasteiger partial charge in [0.25, 0.3) is 0 Å². The number of imidazole rings is 1. The molecule has 166 valence electrons. The SMILES string of the molecule is Nc1ncc(-c2cn(C3[C@H]4CN(C5COC5)C[C@@H]34)c(C3CCCC3)n2)cc1OC(F)F. The first-order valence-electron chi connectivity index (χ1n) is 11.2. The molecule has 4 aliphatic rings. The van der Waals surface area contributed by atoms with Crippen LogP contribution in [0, 0.1) is 11.8 Å². The van der Waals surface area contributed by atoms with Gasteiger partial charge in [0.2, 0.25) is 0 Å². The highest BCUT2D eigenvalue weighted by Gasteiger charge is 2.58. The van der Waals surface area contributed by atoms with Gasteiger partial charge in [0.1, 0.15) is 5.82 Å². The molecule has 7 nitrogen and oxygen atoms in total. The third-order valence-electron chi connectivity index (χ3n) is 7.51. The minimum Gasteiger partial charge on any atom is -0.431 e. The Hall–Kier alpha value is -2.26. The lowest BCUT2D eigenvalue weighted by Gasteiger charge is -2.36. The lowest BCUT2D eigenvalue weighted by atomic mass is 10.1. The molecule has 2 aliphatic heterocycles. The zero-order valence-corrected chi connectivity index (χ0v) is 17.3. The standard InChI is InChI=1S/C22H27F2N5O2/c23-22(24)31-18-5-13(6-26-20(18)25)17-9-29(21(27-17)12-3-1-2-4-12)19-15-7-28(8-16(15)19)14-10-30-11-14/h5-6,9,12,14-16,19,22H,1-4,7-8,10-11H2,(H2,25,26)/t15-,16+,19?. The van der Waals surface area contributed by atoms with Crippen LogP contribution >= 0.6 is 0 Å². The number of aromatic nitrogens is 3. The molecule has 1 unspecified atom stereocenters. The summed E-state index contributed by atoms with van der Waals surface area (Å²) >= 11 is 0. The van der Waals surface area contributed by atoms with Crippen molar-refractivity contribution in [2.24, 2.45) is 11.8 Å². The largest absolute Gasteiger partial charge is 0.431 e. The Morgan fingerprint density at radius 3 is 2.55 bits per heavy atom. The molecule has 2 N–H and O–H groups in total. The van der Waals surface area contributed by atoms with E-state index in [1.165, 1.54) is 18.9 Å². The van der Waals surface area contributed by atoms with Gasteiger partial charge in [0.05, 0.1) is 24.9 Å². The van der Waals surface area contributed by atoms with Crippen molar-refractivity contribution in [2.45, 2.75) is 50.3 Å². The molecule has 0 aromatic carbocycles. The quantitative estimate of drug-likeness (QED) is 0.756. The summed E-state index contributed by atoms with van der Waals surface area (Å²) in [7, 11) is 0. The van der Waals surface area contributed by atoms with E-state index in [-0.39, 0.29) is 11.6 Å². The second-order valence-electron chi connectivity index (χ2n) is 9.32. The molecule has 4 fully saturated rings. The van der Waals surface area contributed by atoms with Gasteiger partial charge in [-0.25, -0.2) is 9.97 Å². The van der Waals surface area contributed by atoms with Crippen LogP contribution in [0.3, 0.4) is 0 Å². The second-order valence-corrected chi connectivity index (χ2v) is 9.32. The first kappa shape index (κ1) is 19.4. The molecular weight excluding hydrogens is 404 g/mol. The number of nitrogen functional groups attached to an aromatic ring is 1. The van der Waals surface area contributed by atoms with E-state index in [0.29, 0.717) is 35.4 Å². The highest BCUT2D eigenvalue weighted by Crippen LogP contribution is 2.57. The zero-order chi connectivity index (χ0) is 21.1. The van der Waals surface area contributed by atoms with Gasteiger partial charge >= 0.3 is 6.61 Å². The van der Waals surface area contributed by atoms with Gasteiger partial charge in [0.15, 0.2) is 11.6 Å². The van der Waals surface area contributed by atoms with E-state index in [1.807, 2.05) is 0 Å². The zero-order valence-electron chi connectivity index (χ0n) is 17.3. The Balaban J connectivity index is 1.29. The molecule has 3 atom stereocenters. The molecule has 2 saturated carbocycles. The van der Waals surface area contributed by atoms with Crippen molar-refractivity contribution in [3.05, 3.63) is 24.3 Å². The first-order valence-corrected chi connectivity index (χ1v) is 11.2. The van der Waals surface area contributed by atoms with Crippen LogP contribution in [0.2, 0.25) is 0 Å². The maximum absolute atomic E-state index is 12.7. The molecule has 0 radical (unpaired) electrons. The minimum absolute atomic E-state index is 0.0451. The summed E-state index contributed by atoms with van der Waals surface area (Å²) in [4.78, 5) is 11.6. The van der Waals surface area contributed by atoms with Gasteiger partial charge in [-0.05, 0) is 30.7 Å². The van der Waals surface area contributed by atoms with Crippen molar-refractivity contribution >= 4 is 5.82 Å². The van der Waals surface area contributed by atoms with Crippen molar-refractivity contribution < 1.29 is 18.3 Å². The van der Waals surface area contributed by atoms with Crippen LogP contribution in [0.5, 0.6) is 5.75 Å². The van der Waals surface area contributed by atoms with E-state index < -0.39 is 6.61 Å². The van der Waals surface area contributed by atoms with Gasteiger partial charge in [0, 0.05) is 43.0 Å². The van der Waals surface area contributed by atoms with Crippen LogP contribution in [0.15, 0.2) is 18.5 Å². The van der Waals surface area contributed by atoms with Gasteiger partial charge in [-0.15, -0.1) is 0 Å². The first-order chi connectivity index (χ1) is 15.1. The number of fused-ring (bicyclic) bond motifs is 1. The summed E-state index contributed by atoms with van der Waals surface area (Å²) in [5, 5.41) is 0. The molecule has 31 heavy (non-hydrogen) atoms. The minimum atomic E-state index is -2.94. The lowest BCUT2D eigenvalue weighted by Crippen LogP contribution is -2.49. The maximum Gasteiger partial charge on any atom is 0.387 e. The molecule has 9 heteroatoms. The summed E-state index contributed by atoms with van der Waals surface area (Å²) in [6, 6.07) is 2.59. The number of pyridine rings is 1. The molecule has 4 heterocycles. The molecule has 2 aromatic heterocycles. The fraction of sp³-hybridized carbons (Fsp3) is 0.636. The van der Waals surface area contributed by atoms with E-state index in [4.69, 9.17) is 15.5 Å². The fourth-order valence-corrected chi connectivity index (χ4v) is 5.73. The van der Waals surface area contributed by atoms with Crippen molar-refractivity contribution in [3.63, 3.8) is 0 Å². The van der Waals surface area contributed by atoms with Crippen LogP contribution < -0.4 is 10.5 Å². The molecule has 2 saturated heterocycles. The molecule has 0 amide bonds. The number of nitrogens with zero attached hydrogens (tertiary/aromatic N) is 4. The summed E-state index contributed by atoms with van der Waals surface area (Å²) in [6.45, 7) is 1.02. The summed E-state index contributed by atoms with van der Waals surface area (Å²) in [6.07, 6.45) is 8.45. The second kappa shape index (κ2) is 7.41. The third-order valence-corrected chi connectivity index (χ3v) is 7.51. The van der Waals surface area contributed by atoms with Crippen LogP contribution in [0.1, 0.15) is 43.5 Å². The number of anilines is 1. The van der Waals surface area contributed by atoms with Crippen LogP contribution in [-0.2, 0) is 4.74 Å². The van der Waals surface area contributed by atoms with Crippen LogP contribution in [0.25, 0.3) is 11.3 Å². The number of nitrogens with two attached hydrogens (primary N) is 1. The molecule has 0 spiro atoms. The normalized spacial score (nSPS) is 28.8. The van der Waals surface area contributed by atoms with E-state index in [0.717, 1.165) is 50.7 Å². The number of hydrogen-bond donors (Lipinski definition) is 1.